The van der Waals surface area contributed by atoms with E-state index in [1.54, 1.807) is 13.0 Å². The molecule has 2 rings (SSSR count). The summed E-state index contributed by atoms with van der Waals surface area (Å²) >= 11 is 0. The van der Waals surface area contributed by atoms with Gasteiger partial charge in [0.2, 0.25) is 5.82 Å². The second kappa shape index (κ2) is 5.41. The summed E-state index contributed by atoms with van der Waals surface area (Å²) in [5.74, 6) is -0.0728. The van der Waals surface area contributed by atoms with Crippen molar-refractivity contribution in [3.63, 3.8) is 0 Å². The van der Waals surface area contributed by atoms with Gasteiger partial charge in [-0.1, -0.05) is 0 Å². The summed E-state index contributed by atoms with van der Waals surface area (Å²) < 4.78 is 0. The molecule has 0 aromatic carbocycles. The highest BCUT2D eigenvalue weighted by molar-refractivity contribution is 6.45. The summed E-state index contributed by atoms with van der Waals surface area (Å²) in [6, 6.07) is 1.44. The number of hydrogen-bond acceptors (Lipinski definition) is 7. The van der Waals surface area contributed by atoms with Gasteiger partial charge in [-0.3, -0.25) is 10.1 Å². The lowest BCUT2D eigenvalue weighted by Crippen LogP contribution is -2.51. The Labute approximate surface area is 111 Å². The minimum absolute atomic E-state index is 0.0728. The molecular weight excluding hydrogens is 249 g/mol. The average Bonchev–Trinajstić information content (AvgIpc) is 2.39. The monoisotopic (exact) mass is 265 g/mol. The topological polar surface area (TPSA) is 109 Å². The molecule has 0 radical (unpaired) electrons. The molecule has 0 amide bonds. The second-order valence-electron chi connectivity index (χ2n) is 4.51. The van der Waals surface area contributed by atoms with Crippen molar-refractivity contribution in [1.82, 2.24) is 9.79 Å². The molecule has 0 spiro atoms. The number of nitrogens with zero attached hydrogens (tertiary/aromatic N) is 4. The molecule has 0 unspecified atom stereocenters. The first-order valence-electron chi connectivity index (χ1n) is 6.06. The molecule has 8 nitrogen and oxygen atoms in total. The van der Waals surface area contributed by atoms with Crippen molar-refractivity contribution in [3.8, 4) is 0 Å². The molecule has 1 aromatic heterocycles. The molecule has 1 aromatic rings. The van der Waals surface area contributed by atoms with E-state index in [9.17, 15) is 15.1 Å². The molecule has 1 fully saturated rings. The smallest absolute Gasteiger partial charge is 0.376 e. The van der Waals surface area contributed by atoms with Crippen molar-refractivity contribution < 1.29 is 9.95 Å². The maximum Gasteiger partial charge on any atom is 0.376 e. The zero-order valence-corrected chi connectivity index (χ0v) is 10.7. The number of aromatic nitrogens is 1. The van der Waals surface area contributed by atoms with Gasteiger partial charge in [-0.25, -0.2) is 4.98 Å². The average molecular weight is 265 g/mol. The van der Waals surface area contributed by atoms with E-state index in [-0.39, 0.29) is 11.5 Å². The lowest BCUT2D eigenvalue weighted by molar-refractivity contribution is -0.384. The van der Waals surface area contributed by atoms with Crippen molar-refractivity contribution in [2.75, 3.05) is 36.8 Å². The van der Waals surface area contributed by atoms with E-state index in [0.717, 1.165) is 0 Å². The van der Waals surface area contributed by atoms with Crippen LogP contribution in [-0.2, 0) is 0 Å². The van der Waals surface area contributed by atoms with Gasteiger partial charge < -0.3 is 20.5 Å². The Morgan fingerprint density at radius 2 is 2.11 bits per heavy atom. The molecule has 0 aliphatic carbocycles. The lowest BCUT2D eigenvalue weighted by atomic mass is 9.84. The van der Waals surface area contributed by atoms with Crippen LogP contribution in [0.1, 0.15) is 0 Å². The van der Waals surface area contributed by atoms with Crippen LogP contribution in [0, 0.1) is 10.1 Å². The summed E-state index contributed by atoms with van der Waals surface area (Å²) in [6.45, 7) is 4.51. The maximum absolute atomic E-state index is 10.8. The van der Waals surface area contributed by atoms with Crippen molar-refractivity contribution >= 4 is 24.2 Å². The third-order valence-electron chi connectivity index (χ3n) is 3.29. The van der Waals surface area contributed by atoms with Crippen molar-refractivity contribution in [1.29, 1.82) is 0 Å². The summed E-state index contributed by atoms with van der Waals surface area (Å²) in [5, 5.41) is 20.3. The first-order chi connectivity index (χ1) is 8.99. The number of anilines is 2. The molecule has 1 aliphatic rings. The van der Waals surface area contributed by atoms with Gasteiger partial charge in [0, 0.05) is 32.2 Å². The van der Waals surface area contributed by atoms with Crippen LogP contribution in [0.5, 0.6) is 0 Å². The standard InChI is InChI=1S/C10H16BN5O3/c1-11(17)15-4-2-14(3-5-15)8-6-9(16(18)19)10(12)13-7-8/h6-7,17H,2-5H2,1H3,(H2,12,13). The Bertz CT molecular complexity index is 476. The number of pyridine rings is 1. The number of nitro groups is 1. The van der Waals surface area contributed by atoms with Crippen molar-refractivity contribution in [3.05, 3.63) is 22.4 Å². The SMILES string of the molecule is CB(O)N1CCN(c2cnc(N)c([N+](=O)[O-])c2)CC1. The zero-order valence-electron chi connectivity index (χ0n) is 10.7. The van der Waals surface area contributed by atoms with E-state index in [0.29, 0.717) is 31.9 Å². The van der Waals surface area contributed by atoms with Crippen LogP contribution in [0.4, 0.5) is 17.2 Å². The number of rotatable bonds is 3. The Hall–Kier alpha value is -1.87. The lowest BCUT2D eigenvalue weighted by Gasteiger charge is -2.36. The zero-order chi connectivity index (χ0) is 14.0. The summed E-state index contributed by atoms with van der Waals surface area (Å²) in [6.07, 6.45) is 1.54. The predicted octanol–water partition coefficient (Wildman–Crippen LogP) is -0.196. The van der Waals surface area contributed by atoms with Crippen molar-refractivity contribution in [2.24, 2.45) is 0 Å². The number of nitrogens with two attached hydrogens (primary N) is 1. The third-order valence-corrected chi connectivity index (χ3v) is 3.29. The van der Waals surface area contributed by atoms with Gasteiger partial charge in [-0.05, 0) is 6.82 Å². The molecule has 0 saturated carbocycles. The molecule has 2 heterocycles. The van der Waals surface area contributed by atoms with Crippen LogP contribution in [-0.4, -0.2) is 53.0 Å². The van der Waals surface area contributed by atoms with Gasteiger partial charge in [0.05, 0.1) is 16.8 Å². The molecular formula is C10H16BN5O3. The van der Waals surface area contributed by atoms with Crippen LogP contribution in [0.2, 0.25) is 6.82 Å². The van der Waals surface area contributed by atoms with Crippen LogP contribution >= 0.6 is 0 Å². The maximum atomic E-state index is 10.8. The number of hydrogen-bond donors (Lipinski definition) is 2. The molecule has 0 atom stereocenters. The first-order valence-corrected chi connectivity index (χ1v) is 6.06. The Balaban J connectivity index is 2.12. The Morgan fingerprint density at radius 3 is 2.63 bits per heavy atom. The highest BCUT2D eigenvalue weighted by Crippen LogP contribution is 2.25. The summed E-state index contributed by atoms with van der Waals surface area (Å²) in [5.41, 5.74) is 5.98. The Morgan fingerprint density at radius 1 is 1.47 bits per heavy atom. The first kappa shape index (κ1) is 13.6. The van der Waals surface area contributed by atoms with E-state index in [1.165, 1.54) is 6.07 Å². The van der Waals surface area contributed by atoms with E-state index in [4.69, 9.17) is 5.73 Å². The molecule has 9 heteroatoms. The van der Waals surface area contributed by atoms with E-state index in [1.807, 2.05) is 9.71 Å². The quantitative estimate of drug-likeness (QED) is 0.442. The molecule has 102 valence electrons. The largest absolute Gasteiger partial charge is 0.437 e. The van der Waals surface area contributed by atoms with Crippen LogP contribution in [0.15, 0.2) is 12.3 Å². The fourth-order valence-electron chi connectivity index (χ4n) is 2.13. The fourth-order valence-corrected chi connectivity index (χ4v) is 2.13. The van der Waals surface area contributed by atoms with Crippen LogP contribution in [0.3, 0.4) is 0 Å². The summed E-state index contributed by atoms with van der Waals surface area (Å²) in [7, 11) is -0.471. The normalized spacial score (nSPS) is 16.4. The Kier molecular flexibility index (Phi) is 3.86. The van der Waals surface area contributed by atoms with Crippen LogP contribution in [0.25, 0.3) is 0 Å². The van der Waals surface area contributed by atoms with Gasteiger partial charge in [0.1, 0.15) is 0 Å². The molecule has 3 N–H and O–H groups in total. The third kappa shape index (κ3) is 2.94. The molecule has 1 saturated heterocycles. The molecule has 1 aliphatic heterocycles. The van der Waals surface area contributed by atoms with E-state index >= 15 is 0 Å². The molecule has 19 heavy (non-hydrogen) atoms. The van der Waals surface area contributed by atoms with Crippen LogP contribution < -0.4 is 10.6 Å². The molecule has 0 bridgehead atoms. The highest BCUT2D eigenvalue weighted by Gasteiger charge is 2.24. The highest BCUT2D eigenvalue weighted by atomic mass is 16.6. The van der Waals surface area contributed by atoms with Gasteiger partial charge in [0.25, 0.3) is 0 Å². The minimum Gasteiger partial charge on any atom is -0.437 e. The second-order valence-corrected chi connectivity index (χ2v) is 4.51. The van der Waals surface area contributed by atoms with Gasteiger partial charge in [-0.2, -0.15) is 0 Å². The van der Waals surface area contributed by atoms with Crippen molar-refractivity contribution in [2.45, 2.75) is 6.82 Å². The number of piperazine rings is 1. The van der Waals surface area contributed by atoms with Gasteiger partial charge in [0.15, 0.2) is 0 Å². The fraction of sp³-hybridized carbons (Fsp3) is 0.500. The van der Waals surface area contributed by atoms with E-state index in [2.05, 4.69) is 4.98 Å². The number of nitrogen functional groups attached to an aromatic ring is 1. The van der Waals surface area contributed by atoms with Gasteiger partial charge in [-0.15, -0.1) is 0 Å². The summed E-state index contributed by atoms with van der Waals surface area (Å²) in [4.78, 5) is 18.1. The predicted molar refractivity (Wildman–Crippen MR) is 72.9 cm³/mol. The minimum atomic E-state index is -0.530. The van der Waals surface area contributed by atoms with Gasteiger partial charge >= 0.3 is 12.7 Å². The van der Waals surface area contributed by atoms with E-state index < -0.39 is 12.0 Å².